The number of hydrogen-bond acceptors (Lipinski definition) is 3. The molecule has 1 saturated heterocycles. The zero-order valence-electron chi connectivity index (χ0n) is 23.9. The monoisotopic (exact) mass is 539 g/mol. The van der Waals surface area contributed by atoms with Crippen LogP contribution in [0.1, 0.15) is 117 Å². The summed E-state index contributed by atoms with van der Waals surface area (Å²) in [5.41, 5.74) is 3.65. The van der Waals surface area contributed by atoms with Gasteiger partial charge in [0.1, 0.15) is 0 Å². The zero-order valence-corrected chi connectivity index (χ0v) is 23.9. The van der Waals surface area contributed by atoms with E-state index in [9.17, 15) is 18.0 Å². The van der Waals surface area contributed by atoms with E-state index in [4.69, 9.17) is 0 Å². The SMILES string of the molecule is CC1CCC(CN2NC(N(CC3CCC(C)CC3)C(=O)C3CCCCC3)C3CCCC(C(F)(F)F)C32)CC1. The van der Waals surface area contributed by atoms with E-state index in [0.717, 1.165) is 69.6 Å². The quantitative estimate of drug-likeness (QED) is 0.379. The van der Waals surface area contributed by atoms with Crippen molar-refractivity contribution in [2.24, 2.45) is 41.4 Å². The summed E-state index contributed by atoms with van der Waals surface area (Å²) in [6.45, 7) is 6.00. The third kappa shape index (κ3) is 6.56. The number of alkyl halides is 3. The van der Waals surface area contributed by atoms with Crippen molar-refractivity contribution < 1.29 is 18.0 Å². The van der Waals surface area contributed by atoms with Gasteiger partial charge in [-0.2, -0.15) is 13.2 Å². The Morgan fingerprint density at radius 1 is 0.789 bits per heavy atom. The van der Waals surface area contributed by atoms with Crippen molar-refractivity contribution in [3.8, 4) is 0 Å². The third-order valence-electron chi connectivity index (χ3n) is 11.1. The van der Waals surface area contributed by atoms with Crippen molar-refractivity contribution in [2.75, 3.05) is 13.1 Å². The fraction of sp³-hybridized carbons (Fsp3) is 0.968. The molecule has 4 aliphatic carbocycles. The molecule has 218 valence electrons. The molecule has 5 rings (SSSR count). The Balaban J connectivity index is 1.40. The standard InChI is InChI=1S/C31H52F3N3O/c1-21-11-15-23(16-12-21)19-36(30(38)25-7-4-3-5-8-25)29-26-9-6-10-27(31(32,33)34)28(26)37(35-29)20-24-17-13-22(2)14-18-24/h21-29,35H,3-20H2,1-2H3. The first-order valence-corrected chi connectivity index (χ1v) is 16.1. The van der Waals surface area contributed by atoms with Crippen LogP contribution < -0.4 is 5.43 Å². The lowest BCUT2D eigenvalue weighted by Gasteiger charge is -2.42. The lowest BCUT2D eigenvalue weighted by Crippen LogP contribution is -2.54. The van der Waals surface area contributed by atoms with E-state index in [1.54, 1.807) is 0 Å². The molecule has 4 atom stereocenters. The summed E-state index contributed by atoms with van der Waals surface area (Å²) in [6, 6.07) is -0.555. The molecule has 1 aliphatic heterocycles. The van der Waals surface area contributed by atoms with Crippen molar-refractivity contribution in [2.45, 2.75) is 135 Å². The number of carbonyl (C=O) groups excluding carboxylic acids is 1. The number of nitrogens with zero attached hydrogens (tertiary/aromatic N) is 2. The Bertz CT molecular complexity index is 769. The molecule has 4 saturated carbocycles. The van der Waals surface area contributed by atoms with E-state index in [0.29, 0.717) is 31.3 Å². The van der Waals surface area contributed by atoms with Crippen LogP contribution >= 0.6 is 0 Å². The van der Waals surface area contributed by atoms with E-state index >= 15 is 0 Å². The average molecular weight is 540 g/mol. The van der Waals surface area contributed by atoms with Crippen LogP contribution in [0.4, 0.5) is 13.2 Å². The van der Waals surface area contributed by atoms with Crippen molar-refractivity contribution in [3.63, 3.8) is 0 Å². The fourth-order valence-electron chi connectivity index (χ4n) is 8.69. The molecule has 0 aromatic carbocycles. The minimum absolute atomic E-state index is 0.0439. The van der Waals surface area contributed by atoms with Crippen LogP contribution in [0.15, 0.2) is 0 Å². The molecular weight excluding hydrogens is 487 g/mol. The number of hydrogen-bond donors (Lipinski definition) is 1. The Morgan fingerprint density at radius 2 is 1.39 bits per heavy atom. The molecule has 1 N–H and O–H groups in total. The highest BCUT2D eigenvalue weighted by molar-refractivity contribution is 5.79. The van der Waals surface area contributed by atoms with Crippen molar-refractivity contribution >= 4 is 5.91 Å². The second-order valence-corrected chi connectivity index (χ2v) is 14.0. The molecule has 5 fully saturated rings. The topological polar surface area (TPSA) is 35.6 Å². The highest BCUT2D eigenvalue weighted by Crippen LogP contribution is 2.47. The largest absolute Gasteiger partial charge is 0.393 e. The number of rotatable bonds is 6. The number of halogens is 3. The van der Waals surface area contributed by atoms with E-state index in [-0.39, 0.29) is 30.3 Å². The molecule has 1 amide bonds. The second-order valence-electron chi connectivity index (χ2n) is 14.0. The Morgan fingerprint density at radius 3 is 2.00 bits per heavy atom. The maximum Gasteiger partial charge on any atom is 0.393 e. The van der Waals surface area contributed by atoms with E-state index < -0.39 is 18.1 Å². The number of nitrogens with one attached hydrogen (secondary N) is 1. The van der Waals surface area contributed by atoms with Gasteiger partial charge in [0.25, 0.3) is 0 Å². The first-order valence-electron chi connectivity index (χ1n) is 16.1. The normalized spacial score (nSPS) is 39.6. The molecule has 4 unspecified atom stereocenters. The lowest BCUT2D eigenvalue weighted by atomic mass is 9.74. The summed E-state index contributed by atoms with van der Waals surface area (Å²) in [5.74, 6) is 1.19. The molecule has 5 aliphatic rings. The molecule has 0 radical (unpaired) electrons. The van der Waals surface area contributed by atoms with Crippen molar-refractivity contribution in [1.29, 1.82) is 0 Å². The van der Waals surface area contributed by atoms with Gasteiger partial charge in [-0.15, -0.1) is 0 Å². The smallest absolute Gasteiger partial charge is 0.325 e. The highest BCUT2D eigenvalue weighted by Gasteiger charge is 2.57. The summed E-state index contributed by atoms with van der Waals surface area (Å²) < 4.78 is 43.3. The zero-order chi connectivity index (χ0) is 26.9. The van der Waals surface area contributed by atoms with Gasteiger partial charge >= 0.3 is 6.18 Å². The van der Waals surface area contributed by atoms with Gasteiger partial charge in [0.05, 0.1) is 12.1 Å². The van der Waals surface area contributed by atoms with Gasteiger partial charge in [0.2, 0.25) is 5.91 Å². The molecule has 38 heavy (non-hydrogen) atoms. The summed E-state index contributed by atoms with van der Waals surface area (Å²) in [4.78, 5) is 16.2. The van der Waals surface area contributed by atoms with Crippen LogP contribution in [0.5, 0.6) is 0 Å². The fourth-order valence-corrected chi connectivity index (χ4v) is 8.69. The first-order chi connectivity index (χ1) is 18.2. The van der Waals surface area contributed by atoms with Gasteiger partial charge in [-0.25, -0.2) is 10.4 Å². The van der Waals surface area contributed by atoms with Gasteiger partial charge in [-0.1, -0.05) is 65.2 Å². The average Bonchev–Trinajstić information content (AvgIpc) is 3.27. The Hall–Kier alpha value is -0.820. The number of hydrazine groups is 1. The van der Waals surface area contributed by atoms with Crippen LogP contribution in [0.25, 0.3) is 0 Å². The van der Waals surface area contributed by atoms with E-state index in [2.05, 4.69) is 24.2 Å². The molecule has 0 spiro atoms. The maximum atomic E-state index is 14.4. The summed E-state index contributed by atoms with van der Waals surface area (Å²) >= 11 is 0. The second kappa shape index (κ2) is 12.4. The molecule has 7 heteroatoms. The van der Waals surface area contributed by atoms with Gasteiger partial charge in [-0.05, 0) is 75.0 Å². The summed E-state index contributed by atoms with van der Waals surface area (Å²) in [5, 5.41) is 2.01. The number of fused-ring (bicyclic) bond motifs is 1. The van der Waals surface area contributed by atoms with Gasteiger partial charge in [0, 0.05) is 31.0 Å². The van der Waals surface area contributed by atoms with Gasteiger partial charge in [-0.3, -0.25) is 4.79 Å². The van der Waals surface area contributed by atoms with Crippen LogP contribution in [0, 0.1) is 41.4 Å². The van der Waals surface area contributed by atoms with Gasteiger partial charge < -0.3 is 4.90 Å². The summed E-state index contributed by atoms with van der Waals surface area (Å²) in [7, 11) is 0. The van der Waals surface area contributed by atoms with E-state index in [1.807, 2.05) is 5.01 Å². The molecular formula is C31H52F3N3O. The van der Waals surface area contributed by atoms with Crippen LogP contribution in [0.2, 0.25) is 0 Å². The van der Waals surface area contributed by atoms with Crippen LogP contribution in [0.3, 0.4) is 0 Å². The maximum absolute atomic E-state index is 14.4. The third-order valence-corrected chi connectivity index (χ3v) is 11.1. The molecule has 0 aromatic heterocycles. The van der Waals surface area contributed by atoms with Crippen LogP contribution in [-0.2, 0) is 4.79 Å². The van der Waals surface area contributed by atoms with Gasteiger partial charge in [0.15, 0.2) is 0 Å². The first kappa shape index (κ1) is 28.7. The lowest BCUT2D eigenvalue weighted by molar-refractivity contribution is -0.202. The van der Waals surface area contributed by atoms with E-state index in [1.165, 1.54) is 32.1 Å². The predicted molar refractivity (Wildman–Crippen MR) is 145 cm³/mol. The molecule has 1 heterocycles. The number of carbonyl (C=O) groups is 1. The minimum Gasteiger partial charge on any atom is -0.325 e. The minimum atomic E-state index is -4.20. The molecule has 0 bridgehead atoms. The predicted octanol–water partition coefficient (Wildman–Crippen LogP) is 7.54. The molecule has 4 nitrogen and oxygen atoms in total. The van der Waals surface area contributed by atoms with Crippen molar-refractivity contribution in [1.82, 2.24) is 15.3 Å². The highest BCUT2D eigenvalue weighted by atomic mass is 19.4. The Kier molecular flexibility index (Phi) is 9.34. The number of amides is 1. The van der Waals surface area contributed by atoms with Crippen LogP contribution in [-0.4, -0.2) is 47.3 Å². The Labute approximate surface area is 228 Å². The molecule has 0 aromatic rings. The van der Waals surface area contributed by atoms with Crippen molar-refractivity contribution in [3.05, 3.63) is 0 Å². The summed E-state index contributed by atoms with van der Waals surface area (Å²) in [6.07, 6.45) is 11.6.